The second-order valence-corrected chi connectivity index (χ2v) is 13.9. The van der Waals surface area contributed by atoms with Crippen LogP contribution in [0.5, 0.6) is 0 Å². The Bertz CT molecular complexity index is 3250. The Hall–Kier alpha value is -6.40. The van der Waals surface area contributed by atoms with Crippen molar-refractivity contribution in [2.45, 2.75) is 0 Å². The molecule has 0 saturated heterocycles. The van der Waals surface area contributed by atoms with E-state index in [2.05, 4.69) is 24.3 Å². The molecule has 5 nitrogen and oxygen atoms in total. The highest BCUT2D eigenvalue weighted by Crippen LogP contribution is 2.37. The summed E-state index contributed by atoms with van der Waals surface area (Å²) in [6.45, 7) is 0. The van der Waals surface area contributed by atoms with Crippen molar-refractivity contribution in [2.24, 2.45) is 0 Å². The molecule has 0 N–H and O–H groups in total. The zero-order valence-corrected chi connectivity index (χ0v) is 30.2. The molecule has 0 spiro atoms. The van der Waals surface area contributed by atoms with Crippen molar-refractivity contribution < 1.29 is 8.83 Å². The van der Waals surface area contributed by atoms with Crippen molar-refractivity contribution in [3.8, 4) is 56.4 Å². The highest BCUT2D eigenvalue weighted by Gasteiger charge is 2.23. The van der Waals surface area contributed by atoms with Crippen LogP contribution in [0.25, 0.3) is 100 Å². The summed E-state index contributed by atoms with van der Waals surface area (Å²) >= 11 is 0. The molecule has 0 fully saturated rings. The fourth-order valence-electron chi connectivity index (χ4n) is 7.60. The minimum Gasteiger partial charge on any atom is -0.457 e. The van der Waals surface area contributed by atoms with E-state index in [0.29, 0.717) is 45.0 Å². The first kappa shape index (κ1) is 35.0. The normalized spacial score (nSPS) is 11.6. The summed E-state index contributed by atoms with van der Waals surface area (Å²) < 4.78 is 12.6. The van der Waals surface area contributed by atoms with Gasteiger partial charge in [-0.1, -0.05) is 131 Å². The van der Waals surface area contributed by atoms with E-state index in [9.17, 15) is 0 Å². The molecular weight excluding hydrogens is 690 g/mol. The molecule has 0 aliphatic carbocycles. The molecule has 12 heteroatoms. The van der Waals surface area contributed by atoms with Crippen LogP contribution in [0.4, 0.5) is 0 Å². The molecule has 7 aromatic carbocycles. The lowest BCUT2D eigenvalue weighted by molar-refractivity contribution is 0.669. The van der Waals surface area contributed by atoms with E-state index >= 15 is 0 Å². The van der Waals surface area contributed by atoms with Crippen LogP contribution in [0.2, 0.25) is 0 Å². The molecule has 248 valence electrons. The largest absolute Gasteiger partial charge is 0.457 e. The number of nitrogens with zero attached hydrogens (tertiary/aromatic N) is 3. The molecule has 0 saturated carbocycles. The molecular formula is C45H20B7N3O2. The molecule has 0 bridgehead atoms. The van der Waals surface area contributed by atoms with E-state index in [1.807, 2.05) is 97.1 Å². The second kappa shape index (κ2) is 13.4. The van der Waals surface area contributed by atoms with Gasteiger partial charge in [0.05, 0.1) is 5.56 Å². The van der Waals surface area contributed by atoms with Crippen molar-refractivity contribution in [3.05, 3.63) is 121 Å². The Labute approximate surface area is 337 Å². The van der Waals surface area contributed by atoms with Gasteiger partial charge in [0.15, 0.2) is 17.5 Å². The van der Waals surface area contributed by atoms with Gasteiger partial charge in [-0.25, -0.2) is 15.0 Å². The van der Waals surface area contributed by atoms with Crippen molar-refractivity contribution in [2.75, 3.05) is 0 Å². The van der Waals surface area contributed by atoms with E-state index in [-0.39, 0.29) is 49.4 Å². The third kappa shape index (κ3) is 5.53. The van der Waals surface area contributed by atoms with Gasteiger partial charge < -0.3 is 8.83 Å². The molecule has 0 atom stereocenters. The molecule has 3 heterocycles. The molecule has 10 rings (SSSR count). The van der Waals surface area contributed by atoms with Gasteiger partial charge in [0.2, 0.25) is 0 Å². The maximum atomic E-state index is 6.71. The number of furan rings is 2. The van der Waals surface area contributed by atoms with Gasteiger partial charge in [-0.15, -0.1) is 16.4 Å². The van der Waals surface area contributed by atoms with Gasteiger partial charge in [0, 0.05) is 32.7 Å². The number of hydrogen-bond donors (Lipinski definition) is 0. The lowest BCUT2D eigenvalue weighted by atomic mass is 9.64. The van der Waals surface area contributed by atoms with Gasteiger partial charge in [-0.2, -0.15) is 0 Å². The third-order valence-electron chi connectivity index (χ3n) is 10.6. The average molecular weight is 710 g/mol. The zero-order chi connectivity index (χ0) is 39.1. The first-order valence-corrected chi connectivity index (χ1v) is 18.1. The van der Waals surface area contributed by atoms with Crippen molar-refractivity contribution in [1.82, 2.24) is 15.0 Å². The molecule has 3 aromatic heterocycles. The topological polar surface area (TPSA) is 65.0 Å². The summed E-state index contributed by atoms with van der Waals surface area (Å²) in [5.74, 6) is 1.41. The minimum atomic E-state index is 0.115. The second-order valence-electron chi connectivity index (χ2n) is 13.9. The van der Waals surface area contributed by atoms with Gasteiger partial charge in [-0.3, -0.25) is 0 Å². The predicted molar refractivity (Wildman–Crippen MR) is 239 cm³/mol. The standard InChI is InChI=1S/C45H20B7N3O2/c46-33-30(31-32-34(47)35(48)37(50)39(52)42(32)57-41(31)38(51)36(33)49)23-15-19-25(20-16-23)44-53-43(24-17-13-22(14-18-24)21-7-2-1-3-8-21)54-45(55-44)28-11-6-10-27-26-9-4-5-12-29(26)56-40(27)28/h1-20H. The Balaban J connectivity index is 1.15. The summed E-state index contributed by atoms with van der Waals surface area (Å²) in [7, 11) is 45.0. The van der Waals surface area contributed by atoms with Crippen LogP contribution in [0.1, 0.15) is 0 Å². The summed E-state index contributed by atoms with van der Waals surface area (Å²) in [6, 6.07) is 39.9. The lowest BCUT2D eigenvalue weighted by Crippen LogP contribution is -2.47. The van der Waals surface area contributed by atoms with Crippen LogP contribution >= 0.6 is 0 Å². The molecule has 0 aliphatic heterocycles. The summed E-state index contributed by atoms with van der Waals surface area (Å²) in [5.41, 5.74) is 8.81. The van der Waals surface area contributed by atoms with Crippen LogP contribution < -0.4 is 38.2 Å². The number of benzene rings is 7. The Kier molecular flexibility index (Phi) is 8.22. The van der Waals surface area contributed by atoms with E-state index in [4.69, 9.17) is 78.7 Å². The van der Waals surface area contributed by atoms with Crippen LogP contribution in [0, 0.1) is 0 Å². The van der Waals surface area contributed by atoms with Gasteiger partial charge >= 0.3 is 0 Å². The Morgan fingerprint density at radius 1 is 0.333 bits per heavy atom. The van der Waals surface area contributed by atoms with Crippen LogP contribution in [-0.4, -0.2) is 69.9 Å². The highest BCUT2D eigenvalue weighted by atomic mass is 16.3. The van der Waals surface area contributed by atoms with Crippen LogP contribution in [-0.2, 0) is 0 Å². The Morgan fingerprint density at radius 2 is 0.842 bits per heavy atom. The smallest absolute Gasteiger partial charge is 0.167 e. The summed E-state index contributed by atoms with van der Waals surface area (Å²) in [6.07, 6.45) is 0. The first-order valence-electron chi connectivity index (χ1n) is 18.1. The Morgan fingerprint density at radius 3 is 1.53 bits per heavy atom. The number of para-hydroxylation sites is 2. The fourth-order valence-corrected chi connectivity index (χ4v) is 7.60. The summed E-state index contributed by atoms with van der Waals surface area (Å²) in [4.78, 5) is 15.1. The van der Waals surface area contributed by atoms with Crippen molar-refractivity contribution >= 4 is 137 Å². The number of rotatable bonds is 5. The van der Waals surface area contributed by atoms with Gasteiger partial charge in [0.1, 0.15) is 77.3 Å². The molecule has 0 aliphatic rings. The summed E-state index contributed by atoms with van der Waals surface area (Å²) in [5, 5.41) is 2.93. The van der Waals surface area contributed by atoms with Crippen molar-refractivity contribution in [3.63, 3.8) is 0 Å². The van der Waals surface area contributed by atoms with Crippen molar-refractivity contribution in [1.29, 1.82) is 0 Å². The van der Waals surface area contributed by atoms with Crippen LogP contribution in [0.3, 0.4) is 0 Å². The van der Waals surface area contributed by atoms with E-state index < -0.39 is 0 Å². The van der Waals surface area contributed by atoms with Gasteiger partial charge in [0.25, 0.3) is 0 Å². The minimum absolute atomic E-state index is 0.115. The maximum absolute atomic E-state index is 6.71. The molecule has 14 radical (unpaired) electrons. The molecule has 10 aromatic rings. The lowest BCUT2D eigenvalue weighted by Gasteiger charge is -2.17. The van der Waals surface area contributed by atoms with Gasteiger partial charge in [-0.05, 0) is 34.4 Å². The van der Waals surface area contributed by atoms with Crippen LogP contribution in [0.15, 0.2) is 130 Å². The molecule has 0 amide bonds. The SMILES string of the molecule is [B]c1c([B])c([B])c2c(oc3c([B])c([B])c([B])c(-c4ccc(-c5nc(-c6ccc(-c7ccccc7)cc6)nc(-c6cccc7c6oc6ccccc67)n5)cc4)c32)c1[B]. The molecule has 57 heavy (non-hydrogen) atoms. The predicted octanol–water partition coefficient (Wildman–Crippen LogP) is 3.56. The third-order valence-corrected chi connectivity index (χ3v) is 10.6. The number of fused-ring (bicyclic) bond motifs is 6. The monoisotopic (exact) mass is 711 g/mol. The van der Waals surface area contributed by atoms with E-state index in [1.165, 1.54) is 0 Å². The first-order chi connectivity index (χ1) is 27.7. The molecule has 0 unspecified atom stereocenters. The quantitative estimate of drug-likeness (QED) is 0.256. The van der Waals surface area contributed by atoms with E-state index in [0.717, 1.165) is 44.2 Å². The van der Waals surface area contributed by atoms with E-state index in [1.54, 1.807) is 0 Å². The average Bonchev–Trinajstić information content (AvgIpc) is 3.84. The zero-order valence-electron chi connectivity index (χ0n) is 30.2. The number of aromatic nitrogens is 3. The maximum Gasteiger partial charge on any atom is 0.167 e. The fraction of sp³-hybridized carbons (Fsp3) is 0. The highest BCUT2D eigenvalue weighted by molar-refractivity contribution is 6.68. The number of hydrogen-bond acceptors (Lipinski definition) is 5.